The molecule has 0 saturated heterocycles. The molecule has 110 valence electrons. The molecule has 1 amide bonds. The number of carbonyl (C=O) groups is 1. The quantitative estimate of drug-likeness (QED) is 0.905. The molecule has 0 unspecified atom stereocenters. The molecule has 0 aliphatic carbocycles. The molecule has 5 heteroatoms. The zero-order chi connectivity index (χ0) is 15.4. The van der Waals surface area contributed by atoms with Gasteiger partial charge in [-0.05, 0) is 49.2 Å². The summed E-state index contributed by atoms with van der Waals surface area (Å²) in [5.74, 6) is 0.934. The molecule has 2 aromatic rings. The Kier molecular flexibility index (Phi) is 4.42. The lowest BCUT2D eigenvalue weighted by atomic mass is 10.1. The number of aryl methyl sites for hydroxylation is 2. The second-order valence-electron chi connectivity index (χ2n) is 4.76. The van der Waals surface area contributed by atoms with Gasteiger partial charge in [0.15, 0.2) is 0 Å². The number of hydrogen-bond acceptors (Lipinski definition) is 4. The molecule has 0 saturated carbocycles. The molecule has 0 atom stereocenters. The molecule has 0 spiro atoms. The molecule has 0 radical (unpaired) electrons. The number of ether oxygens (including phenoxy) is 1. The van der Waals surface area contributed by atoms with Crippen LogP contribution < -0.4 is 15.8 Å². The number of nitrogens with two attached hydrogens (primary N) is 1. The van der Waals surface area contributed by atoms with Crippen molar-refractivity contribution in [3.8, 4) is 5.75 Å². The molecule has 1 aromatic heterocycles. The number of carbonyl (C=O) groups excluding carboxylic acids is 1. The van der Waals surface area contributed by atoms with Crippen LogP contribution in [0, 0.1) is 6.92 Å². The van der Waals surface area contributed by atoms with E-state index < -0.39 is 0 Å². The number of nitrogen functional groups attached to an aromatic ring is 1. The fourth-order valence-corrected chi connectivity index (χ4v) is 2.08. The van der Waals surface area contributed by atoms with E-state index in [1.807, 2.05) is 26.0 Å². The molecular weight excluding hydrogens is 266 g/mol. The van der Waals surface area contributed by atoms with Gasteiger partial charge in [-0.15, -0.1) is 0 Å². The molecule has 0 aliphatic heterocycles. The van der Waals surface area contributed by atoms with Gasteiger partial charge in [0.05, 0.1) is 7.11 Å². The minimum Gasteiger partial charge on any atom is -0.496 e. The van der Waals surface area contributed by atoms with Crippen LogP contribution in [0.15, 0.2) is 30.3 Å². The number of rotatable bonds is 4. The van der Waals surface area contributed by atoms with Crippen LogP contribution in [0.25, 0.3) is 0 Å². The molecule has 5 nitrogen and oxygen atoms in total. The van der Waals surface area contributed by atoms with Crippen LogP contribution >= 0.6 is 0 Å². The standard InChI is InChI=1S/C16H19N3O2/c1-4-12-8-11(9-15(17)18-12)16(20)19-13-5-6-14(21-3)10(2)7-13/h5-9H,4H2,1-3H3,(H2,17,18)(H,19,20). The summed E-state index contributed by atoms with van der Waals surface area (Å²) in [6, 6.07) is 8.81. The first-order valence-corrected chi connectivity index (χ1v) is 6.76. The van der Waals surface area contributed by atoms with Crippen LogP contribution in [-0.2, 0) is 6.42 Å². The van der Waals surface area contributed by atoms with Gasteiger partial charge in [0.2, 0.25) is 0 Å². The predicted molar refractivity (Wildman–Crippen MR) is 83.7 cm³/mol. The van der Waals surface area contributed by atoms with E-state index in [0.717, 1.165) is 23.4 Å². The van der Waals surface area contributed by atoms with Crippen LogP contribution in [0.3, 0.4) is 0 Å². The van der Waals surface area contributed by atoms with Gasteiger partial charge in [-0.25, -0.2) is 4.98 Å². The summed E-state index contributed by atoms with van der Waals surface area (Å²) >= 11 is 0. The topological polar surface area (TPSA) is 77.2 Å². The average molecular weight is 285 g/mol. The van der Waals surface area contributed by atoms with Gasteiger partial charge in [0.25, 0.3) is 5.91 Å². The van der Waals surface area contributed by atoms with Crippen molar-refractivity contribution in [1.82, 2.24) is 4.98 Å². The highest BCUT2D eigenvalue weighted by molar-refractivity contribution is 6.04. The lowest BCUT2D eigenvalue weighted by Crippen LogP contribution is -2.13. The maximum absolute atomic E-state index is 12.3. The van der Waals surface area contributed by atoms with Gasteiger partial charge in [-0.1, -0.05) is 6.92 Å². The van der Waals surface area contributed by atoms with Crippen LogP contribution in [0.2, 0.25) is 0 Å². The van der Waals surface area contributed by atoms with Crippen molar-refractivity contribution in [2.45, 2.75) is 20.3 Å². The molecule has 0 fully saturated rings. The highest BCUT2D eigenvalue weighted by Crippen LogP contribution is 2.22. The summed E-state index contributed by atoms with van der Waals surface area (Å²) in [4.78, 5) is 16.4. The highest BCUT2D eigenvalue weighted by Gasteiger charge is 2.10. The molecule has 1 heterocycles. The number of hydrogen-bond donors (Lipinski definition) is 2. The van der Waals surface area contributed by atoms with Gasteiger partial charge >= 0.3 is 0 Å². The Morgan fingerprint density at radius 2 is 2.10 bits per heavy atom. The molecule has 2 rings (SSSR count). The normalized spacial score (nSPS) is 10.2. The number of benzene rings is 1. The molecule has 21 heavy (non-hydrogen) atoms. The fourth-order valence-electron chi connectivity index (χ4n) is 2.08. The zero-order valence-corrected chi connectivity index (χ0v) is 12.4. The van der Waals surface area contributed by atoms with Gasteiger partial charge in [-0.3, -0.25) is 4.79 Å². The number of aromatic nitrogens is 1. The van der Waals surface area contributed by atoms with E-state index in [1.165, 1.54) is 0 Å². The van der Waals surface area contributed by atoms with Crippen molar-refractivity contribution in [2.75, 3.05) is 18.2 Å². The zero-order valence-electron chi connectivity index (χ0n) is 12.4. The summed E-state index contributed by atoms with van der Waals surface area (Å²) in [5, 5.41) is 2.85. The fraction of sp³-hybridized carbons (Fsp3) is 0.250. The van der Waals surface area contributed by atoms with Gasteiger partial charge < -0.3 is 15.8 Å². The second kappa shape index (κ2) is 6.26. The van der Waals surface area contributed by atoms with E-state index in [9.17, 15) is 4.79 Å². The van der Waals surface area contributed by atoms with E-state index in [-0.39, 0.29) is 5.91 Å². The lowest BCUT2D eigenvalue weighted by Gasteiger charge is -2.10. The maximum atomic E-state index is 12.3. The van der Waals surface area contributed by atoms with E-state index in [2.05, 4.69) is 10.3 Å². The number of nitrogens with one attached hydrogen (secondary N) is 1. The van der Waals surface area contributed by atoms with Crippen molar-refractivity contribution >= 4 is 17.4 Å². The highest BCUT2D eigenvalue weighted by atomic mass is 16.5. The van der Waals surface area contributed by atoms with Gasteiger partial charge in [0.1, 0.15) is 11.6 Å². The minimum absolute atomic E-state index is 0.205. The van der Waals surface area contributed by atoms with Crippen molar-refractivity contribution in [3.63, 3.8) is 0 Å². The van der Waals surface area contributed by atoms with Crippen LogP contribution in [0.1, 0.15) is 28.5 Å². The smallest absolute Gasteiger partial charge is 0.255 e. The molecule has 3 N–H and O–H groups in total. The predicted octanol–water partition coefficient (Wildman–Crippen LogP) is 2.80. The van der Waals surface area contributed by atoms with E-state index in [4.69, 9.17) is 10.5 Å². The summed E-state index contributed by atoms with van der Waals surface area (Å²) < 4.78 is 5.20. The van der Waals surface area contributed by atoms with Crippen molar-refractivity contribution in [2.24, 2.45) is 0 Å². The number of methoxy groups -OCH3 is 1. The first-order valence-electron chi connectivity index (χ1n) is 6.76. The Hall–Kier alpha value is -2.56. The Bertz CT molecular complexity index is 669. The molecule has 1 aromatic carbocycles. The third-order valence-corrected chi connectivity index (χ3v) is 3.18. The minimum atomic E-state index is -0.205. The Morgan fingerprint density at radius 3 is 2.71 bits per heavy atom. The molecular formula is C16H19N3O2. The van der Waals surface area contributed by atoms with Crippen LogP contribution in [-0.4, -0.2) is 18.0 Å². The van der Waals surface area contributed by atoms with Crippen molar-refractivity contribution in [3.05, 3.63) is 47.2 Å². The van der Waals surface area contributed by atoms with Crippen LogP contribution in [0.5, 0.6) is 5.75 Å². The average Bonchev–Trinajstić information content (AvgIpc) is 2.46. The first kappa shape index (κ1) is 14.8. The number of pyridine rings is 1. The summed E-state index contributed by atoms with van der Waals surface area (Å²) in [5.41, 5.74) is 8.70. The largest absolute Gasteiger partial charge is 0.496 e. The SMILES string of the molecule is CCc1cc(C(=O)Nc2ccc(OC)c(C)c2)cc(N)n1. The summed E-state index contributed by atoms with van der Waals surface area (Å²) in [7, 11) is 1.62. The second-order valence-corrected chi connectivity index (χ2v) is 4.76. The summed E-state index contributed by atoms with van der Waals surface area (Å²) in [6.45, 7) is 3.89. The maximum Gasteiger partial charge on any atom is 0.255 e. The molecule has 0 aliphatic rings. The Morgan fingerprint density at radius 1 is 1.33 bits per heavy atom. The van der Waals surface area contributed by atoms with Gasteiger partial charge in [0, 0.05) is 16.9 Å². The summed E-state index contributed by atoms with van der Waals surface area (Å²) in [6.07, 6.45) is 0.729. The number of anilines is 2. The third-order valence-electron chi connectivity index (χ3n) is 3.18. The van der Waals surface area contributed by atoms with Crippen LogP contribution in [0.4, 0.5) is 11.5 Å². The van der Waals surface area contributed by atoms with Gasteiger partial charge in [-0.2, -0.15) is 0 Å². The number of nitrogens with zero attached hydrogens (tertiary/aromatic N) is 1. The monoisotopic (exact) mass is 285 g/mol. The number of amides is 1. The first-order chi connectivity index (χ1) is 10.0. The van der Waals surface area contributed by atoms with Crippen molar-refractivity contribution < 1.29 is 9.53 Å². The van der Waals surface area contributed by atoms with E-state index >= 15 is 0 Å². The Balaban J connectivity index is 2.21. The lowest BCUT2D eigenvalue weighted by molar-refractivity contribution is 0.102. The third kappa shape index (κ3) is 3.51. The Labute approximate surface area is 124 Å². The molecule has 0 bridgehead atoms. The van der Waals surface area contributed by atoms with E-state index in [0.29, 0.717) is 17.1 Å². The van der Waals surface area contributed by atoms with E-state index in [1.54, 1.807) is 25.3 Å². The van der Waals surface area contributed by atoms with Crippen molar-refractivity contribution in [1.29, 1.82) is 0 Å².